The van der Waals surface area contributed by atoms with E-state index in [1.165, 1.54) is 4.90 Å². The summed E-state index contributed by atoms with van der Waals surface area (Å²) in [5.74, 6) is 0.0988. The van der Waals surface area contributed by atoms with Crippen molar-refractivity contribution in [3.8, 4) is 5.75 Å². The van der Waals surface area contributed by atoms with E-state index >= 15 is 0 Å². The second-order valence-electron chi connectivity index (χ2n) is 8.06. The molecule has 0 fully saturated rings. The highest BCUT2D eigenvalue weighted by Crippen LogP contribution is 2.28. The third-order valence-corrected chi connectivity index (χ3v) is 6.41. The third-order valence-electron chi connectivity index (χ3n) is 5.71. The first-order valence-electron chi connectivity index (χ1n) is 11.6. The number of rotatable bonds is 11. The fourth-order valence-corrected chi connectivity index (χ4v) is 4.34. The van der Waals surface area contributed by atoms with Crippen LogP contribution < -0.4 is 10.1 Å². The molecule has 0 aliphatic carbocycles. The van der Waals surface area contributed by atoms with E-state index in [4.69, 9.17) is 27.9 Å². The molecule has 0 radical (unpaired) electrons. The van der Waals surface area contributed by atoms with E-state index in [0.717, 1.165) is 23.6 Å². The number of halogens is 2. The number of nitrogens with one attached hydrogen (secondary N) is 1. The summed E-state index contributed by atoms with van der Waals surface area (Å²) in [5, 5.41) is 5.78. The van der Waals surface area contributed by atoms with Gasteiger partial charge in [-0.1, -0.05) is 85.9 Å². The summed E-state index contributed by atoms with van der Waals surface area (Å²) in [7, 11) is 0. The summed E-state index contributed by atoms with van der Waals surface area (Å²) in [5.41, 5.74) is 0.601. The number of hydrogen-bond acceptors (Lipinski definition) is 3. The first kappa shape index (κ1) is 25.9. The van der Waals surface area contributed by atoms with Crippen molar-refractivity contribution in [3.05, 3.63) is 76.3 Å². The fraction of sp³-hybridized carbons (Fsp3) is 0.333. The van der Waals surface area contributed by atoms with Gasteiger partial charge in [0.25, 0.3) is 5.91 Å². The van der Waals surface area contributed by atoms with E-state index in [1.54, 1.807) is 18.2 Å². The highest BCUT2D eigenvalue weighted by atomic mass is 35.5. The predicted octanol–water partition coefficient (Wildman–Crippen LogP) is 6.25. The van der Waals surface area contributed by atoms with E-state index in [1.807, 2.05) is 49.4 Å². The van der Waals surface area contributed by atoms with Crippen molar-refractivity contribution in [2.45, 2.75) is 45.7 Å². The number of fused-ring (bicyclic) bond motifs is 1. The van der Waals surface area contributed by atoms with Crippen molar-refractivity contribution in [2.24, 2.45) is 0 Å². The first-order chi connectivity index (χ1) is 16.5. The maximum absolute atomic E-state index is 13.4. The van der Waals surface area contributed by atoms with Crippen molar-refractivity contribution in [3.63, 3.8) is 0 Å². The minimum Gasteiger partial charge on any atom is -0.483 e. The Kier molecular flexibility index (Phi) is 9.61. The van der Waals surface area contributed by atoms with Gasteiger partial charge in [0, 0.05) is 34.1 Å². The second kappa shape index (κ2) is 12.6. The Balaban J connectivity index is 1.85. The highest BCUT2D eigenvalue weighted by Gasteiger charge is 2.30. The van der Waals surface area contributed by atoms with Gasteiger partial charge >= 0.3 is 0 Å². The molecule has 0 aliphatic heterocycles. The molecule has 0 saturated carbocycles. The number of carbonyl (C=O) groups excluding carboxylic acids is 2. The van der Waals surface area contributed by atoms with Crippen LogP contribution in [0.5, 0.6) is 5.75 Å². The molecule has 1 N–H and O–H groups in total. The standard InChI is InChI=1S/C27H30Cl2N2O3/c1-3-5-16-30-27(33)24(4-2)31(17-21-22(28)13-9-14-23(21)29)26(32)18-34-25-15-8-11-19-10-6-7-12-20(19)25/h6-15,24H,3-5,16-18H2,1-2H3,(H,30,33)/t24-/m0/s1. The van der Waals surface area contributed by atoms with Crippen LogP contribution in [0.1, 0.15) is 38.7 Å². The predicted molar refractivity (Wildman–Crippen MR) is 138 cm³/mol. The van der Waals surface area contributed by atoms with Gasteiger partial charge in [-0.15, -0.1) is 0 Å². The lowest BCUT2D eigenvalue weighted by atomic mass is 10.1. The van der Waals surface area contributed by atoms with Crippen LogP contribution in [-0.4, -0.2) is 35.9 Å². The van der Waals surface area contributed by atoms with Gasteiger partial charge in [0.15, 0.2) is 6.61 Å². The molecular weight excluding hydrogens is 471 g/mol. The van der Waals surface area contributed by atoms with Crippen molar-refractivity contribution in [2.75, 3.05) is 13.2 Å². The van der Waals surface area contributed by atoms with E-state index in [2.05, 4.69) is 12.2 Å². The van der Waals surface area contributed by atoms with Crippen molar-refractivity contribution in [1.29, 1.82) is 0 Å². The Morgan fingerprint density at radius 1 is 0.971 bits per heavy atom. The lowest BCUT2D eigenvalue weighted by Gasteiger charge is -2.31. The molecule has 2 amide bonds. The van der Waals surface area contributed by atoms with E-state index in [9.17, 15) is 9.59 Å². The number of nitrogens with zero attached hydrogens (tertiary/aromatic N) is 1. The number of ether oxygens (including phenoxy) is 1. The molecule has 3 aromatic rings. The molecule has 0 spiro atoms. The van der Waals surface area contributed by atoms with E-state index in [0.29, 0.717) is 34.3 Å². The highest BCUT2D eigenvalue weighted by molar-refractivity contribution is 6.36. The minimum atomic E-state index is -0.673. The van der Waals surface area contributed by atoms with Gasteiger partial charge in [-0.25, -0.2) is 0 Å². The molecule has 3 aromatic carbocycles. The molecule has 0 aliphatic rings. The first-order valence-corrected chi connectivity index (χ1v) is 12.3. The minimum absolute atomic E-state index is 0.107. The van der Waals surface area contributed by atoms with Gasteiger partial charge in [0.05, 0.1) is 0 Å². The lowest BCUT2D eigenvalue weighted by Crippen LogP contribution is -2.50. The van der Waals surface area contributed by atoms with Crippen LogP contribution in [0.2, 0.25) is 10.0 Å². The zero-order chi connectivity index (χ0) is 24.5. The summed E-state index contributed by atoms with van der Waals surface area (Å²) in [6, 6.07) is 18.1. The molecule has 180 valence electrons. The number of amides is 2. The van der Waals surface area contributed by atoms with E-state index < -0.39 is 6.04 Å². The molecule has 0 heterocycles. The fourth-order valence-electron chi connectivity index (χ4n) is 3.82. The van der Waals surface area contributed by atoms with Gasteiger partial charge < -0.3 is 15.0 Å². The SMILES string of the molecule is CCCCNC(=O)[C@H](CC)N(Cc1c(Cl)cccc1Cl)C(=O)COc1cccc2ccccc12. The molecule has 7 heteroatoms. The van der Waals surface area contributed by atoms with Crippen LogP contribution in [0.4, 0.5) is 0 Å². The quantitative estimate of drug-likeness (QED) is 0.316. The van der Waals surface area contributed by atoms with Crippen molar-refractivity contribution in [1.82, 2.24) is 10.2 Å². The molecule has 5 nitrogen and oxygen atoms in total. The summed E-state index contributed by atoms with van der Waals surface area (Å²) in [6.45, 7) is 4.39. The van der Waals surface area contributed by atoms with Crippen LogP contribution in [-0.2, 0) is 16.1 Å². The van der Waals surface area contributed by atoms with Crippen LogP contribution in [0.15, 0.2) is 60.7 Å². The van der Waals surface area contributed by atoms with Crippen LogP contribution >= 0.6 is 23.2 Å². The van der Waals surface area contributed by atoms with Crippen LogP contribution in [0.25, 0.3) is 10.8 Å². The Hall–Kier alpha value is -2.76. The smallest absolute Gasteiger partial charge is 0.261 e. The third kappa shape index (κ3) is 6.43. The largest absolute Gasteiger partial charge is 0.483 e. The van der Waals surface area contributed by atoms with Gasteiger partial charge in [0.1, 0.15) is 11.8 Å². The number of benzene rings is 3. The van der Waals surface area contributed by atoms with Gasteiger partial charge in [0.2, 0.25) is 5.91 Å². The molecule has 34 heavy (non-hydrogen) atoms. The zero-order valence-corrected chi connectivity index (χ0v) is 21.0. The second-order valence-corrected chi connectivity index (χ2v) is 8.87. The monoisotopic (exact) mass is 500 g/mol. The van der Waals surface area contributed by atoms with E-state index in [-0.39, 0.29) is 25.0 Å². The van der Waals surface area contributed by atoms with Crippen LogP contribution in [0.3, 0.4) is 0 Å². The Labute approximate surface area is 211 Å². The molecule has 0 aromatic heterocycles. The van der Waals surface area contributed by atoms with Crippen molar-refractivity contribution < 1.29 is 14.3 Å². The average molecular weight is 501 g/mol. The molecule has 3 rings (SSSR count). The molecule has 0 bridgehead atoms. The van der Waals surface area contributed by atoms with Crippen LogP contribution in [0, 0.1) is 0 Å². The van der Waals surface area contributed by atoms with Crippen molar-refractivity contribution >= 4 is 45.8 Å². The zero-order valence-electron chi connectivity index (χ0n) is 19.5. The summed E-state index contributed by atoms with van der Waals surface area (Å²) in [6.07, 6.45) is 2.28. The number of carbonyl (C=O) groups is 2. The topological polar surface area (TPSA) is 58.6 Å². The Morgan fingerprint density at radius 3 is 2.35 bits per heavy atom. The summed E-state index contributed by atoms with van der Waals surface area (Å²) < 4.78 is 5.94. The maximum Gasteiger partial charge on any atom is 0.261 e. The van der Waals surface area contributed by atoms with Gasteiger partial charge in [-0.3, -0.25) is 9.59 Å². The average Bonchev–Trinajstić information content (AvgIpc) is 2.84. The normalized spacial score (nSPS) is 11.8. The lowest BCUT2D eigenvalue weighted by molar-refractivity contribution is -0.142. The van der Waals surface area contributed by atoms with Gasteiger partial charge in [-0.2, -0.15) is 0 Å². The molecule has 1 atom stereocenters. The Morgan fingerprint density at radius 2 is 1.65 bits per heavy atom. The molecule has 0 saturated heterocycles. The number of hydrogen-bond donors (Lipinski definition) is 1. The summed E-state index contributed by atoms with van der Waals surface area (Å²) in [4.78, 5) is 28.0. The molecule has 0 unspecified atom stereocenters. The Bertz CT molecular complexity index is 1110. The maximum atomic E-state index is 13.4. The summed E-state index contributed by atoms with van der Waals surface area (Å²) >= 11 is 12.8. The number of unbranched alkanes of at least 4 members (excludes halogenated alkanes) is 1. The van der Waals surface area contributed by atoms with Gasteiger partial charge in [-0.05, 0) is 36.4 Å². The molecular formula is C27H30Cl2N2O3.